The Morgan fingerprint density at radius 3 is 2.53 bits per heavy atom. The monoisotopic (exact) mass is 237 g/mol. The first kappa shape index (κ1) is 13.5. The lowest BCUT2D eigenvalue weighted by Crippen LogP contribution is -2.04. The minimum atomic E-state index is -0.844. The van der Waals surface area contributed by atoms with Gasteiger partial charge in [-0.2, -0.15) is 0 Å². The van der Waals surface area contributed by atoms with Crippen molar-refractivity contribution in [3.05, 3.63) is 29.8 Å². The van der Waals surface area contributed by atoms with Gasteiger partial charge < -0.3 is 15.6 Å². The summed E-state index contributed by atoms with van der Waals surface area (Å²) < 4.78 is 5.30. The highest BCUT2D eigenvalue weighted by molar-refractivity contribution is 5.66. The number of carboxylic acids is 1. The summed E-state index contributed by atoms with van der Waals surface area (Å²) in [7, 11) is 0. The molecule has 4 heteroatoms. The van der Waals surface area contributed by atoms with E-state index >= 15 is 0 Å². The van der Waals surface area contributed by atoms with Crippen LogP contribution < -0.4 is 10.5 Å². The predicted octanol–water partition coefficient (Wildman–Crippen LogP) is 1.82. The Hall–Kier alpha value is -1.55. The molecule has 0 bridgehead atoms. The van der Waals surface area contributed by atoms with E-state index in [0.717, 1.165) is 25.8 Å². The van der Waals surface area contributed by atoms with Crippen LogP contribution in [0.3, 0.4) is 0 Å². The lowest BCUT2D eigenvalue weighted by Gasteiger charge is -2.05. The molecule has 0 saturated heterocycles. The molecule has 0 heterocycles. The highest BCUT2D eigenvalue weighted by Crippen LogP contribution is 2.14. The summed E-state index contributed by atoms with van der Waals surface area (Å²) in [5.41, 5.74) is 6.68. The molecule has 0 amide bonds. The van der Waals surface area contributed by atoms with Crippen molar-refractivity contribution in [2.45, 2.75) is 25.7 Å². The molecule has 1 rings (SSSR count). The van der Waals surface area contributed by atoms with E-state index in [1.807, 2.05) is 24.3 Å². The Morgan fingerprint density at radius 1 is 1.24 bits per heavy atom. The number of carboxylic acid groups (broad SMARTS) is 1. The standard InChI is InChI=1S/C13H19NO3/c14-9-2-1-3-11-4-6-12(7-5-11)17-10-8-13(15)16/h4-7H,1-3,8-10,14H2,(H,15,16). The third-order valence-electron chi connectivity index (χ3n) is 2.43. The first-order valence-corrected chi connectivity index (χ1v) is 5.86. The average molecular weight is 237 g/mol. The molecule has 17 heavy (non-hydrogen) atoms. The first-order chi connectivity index (χ1) is 8.22. The summed E-state index contributed by atoms with van der Waals surface area (Å²) in [4.78, 5) is 10.3. The van der Waals surface area contributed by atoms with Gasteiger partial charge in [0.1, 0.15) is 5.75 Å². The van der Waals surface area contributed by atoms with Crippen LogP contribution in [0.25, 0.3) is 0 Å². The molecule has 1 aromatic carbocycles. The van der Waals surface area contributed by atoms with Crippen molar-refractivity contribution in [1.29, 1.82) is 0 Å². The smallest absolute Gasteiger partial charge is 0.306 e. The molecule has 3 N–H and O–H groups in total. The number of carbonyl (C=O) groups is 1. The fraction of sp³-hybridized carbons (Fsp3) is 0.462. The summed E-state index contributed by atoms with van der Waals surface area (Å²) in [6.45, 7) is 0.943. The van der Waals surface area contributed by atoms with Gasteiger partial charge in [0.2, 0.25) is 0 Å². The molecule has 0 saturated carbocycles. The average Bonchev–Trinajstić information content (AvgIpc) is 2.31. The maximum absolute atomic E-state index is 10.3. The molecule has 0 aliphatic carbocycles. The van der Waals surface area contributed by atoms with Gasteiger partial charge in [0, 0.05) is 0 Å². The molecule has 0 aliphatic heterocycles. The number of nitrogens with two attached hydrogens (primary N) is 1. The number of hydrogen-bond acceptors (Lipinski definition) is 3. The number of unbranched alkanes of at least 4 members (excludes halogenated alkanes) is 1. The van der Waals surface area contributed by atoms with Crippen LogP contribution in [0.5, 0.6) is 5.75 Å². The van der Waals surface area contributed by atoms with E-state index in [2.05, 4.69) is 0 Å². The Bertz CT molecular complexity index is 335. The largest absolute Gasteiger partial charge is 0.493 e. The second-order valence-corrected chi connectivity index (χ2v) is 3.88. The van der Waals surface area contributed by atoms with E-state index in [1.54, 1.807) is 0 Å². The zero-order valence-corrected chi connectivity index (χ0v) is 9.89. The van der Waals surface area contributed by atoms with E-state index in [0.29, 0.717) is 5.75 Å². The summed E-state index contributed by atoms with van der Waals surface area (Å²) in [6.07, 6.45) is 3.18. The van der Waals surface area contributed by atoms with Gasteiger partial charge in [-0.15, -0.1) is 0 Å². The highest BCUT2D eigenvalue weighted by atomic mass is 16.5. The second kappa shape index (κ2) is 7.68. The lowest BCUT2D eigenvalue weighted by molar-refractivity contribution is -0.137. The third kappa shape index (κ3) is 5.92. The first-order valence-electron chi connectivity index (χ1n) is 5.86. The number of aliphatic carboxylic acids is 1. The summed E-state index contributed by atoms with van der Waals surface area (Å²) in [6, 6.07) is 7.76. The minimum Gasteiger partial charge on any atom is -0.493 e. The van der Waals surface area contributed by atoms with E-state index in [4.69, 9.17) is 15.6 Å². The van der Waals surface area contributed by atoms with Crippen LogP contribution in [0.4, 0.5) is 0 Å². The maximum Gasteiger partial charge on any atom is 0.306 e. The zero-order valence-electron chi connectivity index (χ0n) is 9.89. The van der Waals surface area contributed by atoms with Gasteiger partial charge in [-0.25, -0.2) is 0 Å². The van der Waals surface area contributed by atoms with E-state index in [9.17, 15) is 4.79 Å². The molecule has 0 atom stereocenters. The van der Waals surface area contributed by atoms with Gasteiger partial charge >= 0.3 is 5.97 Å². The molecule has 0 unspecified atom stereocenters. The zero-order chi connectivity index (χ0) is 12.5. The van der Waals surface area contributed by atoms with Gasteiger partial charge in [0.25, 0.3) is 0 Å². The number of benzene rings is 1. The third-order valence-corrected chi connectivity index (χ3v) is 2.43. The Morgan fingerprint density at radius 2 is 1.94 bits per heavy atom. The quantitative estimate of drug-likeness (QED) is 0.676. The molecule has 0 spiro atoms. The Labute approximate surface area is 101 Å². The molecule has 1 aromatic rings. The number of ether oxygens (including phenoxy) is 1. The fourth-order valence-electron chi connectivity index (χ4n) is 1.48. The van der Waals surface area contributed by atoms with Crippen molar-refractivity contribution in [2.24, 2.45) is 5.73 Å². The number of aryl methyl sites for hydroxylation is 1. The van der Waals surface area contributed by atoms with Gasteiger partial charge in [0.15, 0.2) is 0 Å². The van der Waals surface area contributed by atoms with E-state index in [1.165, 1.54) is 5.56 Å². The predicted molar refractivity (Wildman–Crippen MR) is 66.2 cm³/mol. The van der Waals surface area contributed by atoms with Gasteiger partial charge in [-0.3, -0.25) is 4.79 Å². The summed E-state index contributed by atoms with van der Waals surface area (Å²) in [5, 5.41) is 8.47. The van der Waals surface area contributed by atoms with Gasteiger partial charge in [0.05, 0.1) is 13.0 Å². The maximum atomic E-state index is 10.3. The van der Waals surface area contributed by atoms with Crippen molar-refractivity contribution in [1.82, 2.24) is 0 Å². The van der Waals surface area contributed by atoms with Crippen molar-refractivity contribution >= 4 is 5.97 Å². The molecule has 0 aliphatic rings. The number of rotatable bonds is 8. The lowest BCUT2D eigenvalue weighted by atomic mass is 10.1. The van der Waals surface area contributed by atoms with Crippen molar-refractivity contribution < 1.29 is 14.6 Å². The van der Waals surface area contributed by atoms with Crippen LogP contribution in [0.2, 0.25) is 0 Å². The topological polar surface area (TPSA) is 72.5 Å². The number of hydrogen-bond donors (Lipinski definition) is 2. The van der Waals surface area contributed by atoms with Crippen LogP contribution in [0, 0.1) is 0 Å². The minimum absolute atomic E-state index is 0.0260. The van der Waals surface area contributed by atoms with Crippen LogP contribution in [0.15, 0.2) is 24.3 Å². The van der Waals surface area contributed by atoms with Crippen molar-refractivity contribution in [3.63, 3.8) is 0 Å². The Balaban J connectivity index is 2.31. The molecule has 94 valence electrons. The van der Waals surface area contributed by atoms with Crippen LogP contribution >= 0.6 is 0 Å². The van der Waals surface area contributed by atoms with Crippen LogP contribution in [0.1, 0.15) is 24.8 Å². The SMILES string of the molecule is NCCCCc1ccc(OCCC(=O)O)cc1. The molecule has 4 nitrogen and oxygen atoms in total. The summed E-state index contributed by atoms with van der Waals surface area (Å²) in [5.74, 6) is -0.128. The van der Waals surface area contributed by atoms with Crippen LogP contribution in [-0.4, -0.2) is 24.2 Å². The normalized spacial score (nSPS) is 10.2. The molecule has 0 radical (unpaired) electrons. The molecular formula is C13H19NO3. The molecular weight excluding hydrogens is 218 g/mol. The van der Waals surface area contributed by atoms with Gasteiger partial charge in [-0.05, 0) is 43.5 Å². The van der Waals surface area contributed by atoms with E-state index in [-0.39, 0.29) is 13.0 Å². The van der Waals surface area contributed by atoms with Gasteiger partial charge in [-0.1, -0.05) is 12.1 Å². The fourth-order valence-corrected chi connectivity index (χ4v) is 1.48. The van der Waals surface area contributed by atoms with Crippen LogP contribution in [-0.2, 0) is 11.2 Å². The second-order valence-electron chi connectivity index (χ2n) is 3.88. The highest BCUT2D eigenvalue weighted by Gasteiger charge is 1.99. The van der Waals surface area contributed by atoms with E-state index < -0.39 is 5.97 Å². The Kier molecular flexibility index (Phi) is 6.10. The van der Waals surface area contributed by atoms with Crippen molar-refractivity contribution in [2.75, 3.05) is 13.2 Å². The molecule has 0 fully saturated rings. The summed E-state index contributed by atoms with van der Waals surface area (Å²) >= 11 is 0. The van der Waals surface area contributed by atoms with Crippen molar-refractivity contribution in [3.8, 4) is 5.75 Å². The molecule has 0 aromatic heterocycles.